The summed E-state index contributed by atoms with van der Waals surface area (Å²) in [4.78, 5) is 27.0. The van der Waals surface area contributed by atoms with Gasteiger partial charge in [-0.25, -0.2) is 0 Å². The number of aryl methyl sites for hydroxylation is 1. The van der Waals surface area contributed by atoms with E-state index in [1.165, 1.54) is 0 Å². The maximum Gasteiger partial charge on any atom is 0.237 e. The third kappa shape index (κ3) is 2.13. The van der Waals surface area contributed by atoms with Gasteiger partial charge in [-0.05, 0) is 25.5 Å². The van der Waals surface area contributed by atoms with E-state index >= 15 is 0 Å². The van der Waals surface area contributed by atoms with Gasteiger partial charge < -0.3 is 4.90 Å². The number of benzene rings is 2. The number of rotatable bonds is 3. The summed E-state index contributed by atoms with van der Waals surface area (Å²) >= 11 is 0. The molecule has 0 radical (unpaired) electrons. The van der Waals surface area contributed by atoms with E-state index in [2.05, 4.69) is 0 Å². The van der Waals surface area contributed by atoms with Crippen LogP contribution in [0.3, 0.4) is 0 Å². The minimum absolute atomic E-state index is 0.000735. The van der Waals surface area contributed by atoms with Gasteiger partial charge in [0.25, 0.3) is 0 Å². The van der Waals surface area contributed by atoms with Crippen LogP contribution in [0, 0.1) is 6.92 Å². The Bertz CT molecular complexity index is 751. The van der Waals surface area contributed by atoms with E-state index in [0.717, 1.165) is 16.8 Å². The third-order valence-electron chi connectivity index (χ3n) is 4.49. The lowest BCUT2D eigenvalue weighted by molar-refractivity contribution is -0.122. The SMILES string of the molecule is Cc1ccc2c(c1)C(C)(CC(=O)c1ccccc1)C(=O)N2C. The second-order valence-corrected chi connectivity index (χ2v) is 6.18. The molecule has 0 saturated carbocycles. The average molecular weight is 293 g/mol. The molecular weight excluding hydrogens is 274 g/mol. The molecule has 3 heteroatoms. The lowest BCUT2D eigenvalue weighted by Crippen LogP contribution is -2.37. The van der Waals surface area contributed by atoms with E-state index in [1.807, 2.05) is 50.2 Å². The Labute approximate surface area is 130 Å². The highest BCUT2D eigenvalue weighted by Gasteiger charge is 2.47. The van der Waals surface area contributed by atoms with Gasteiger partial charge in [0.2, 0.25) is 5.91 Å². The number of anilines is 1. The van der Waals surface area contributed by atoms with Crippen molar-refractivity contribution in [2.75, 3.05) is 11.9 Å². The number of ketones is 1. The van der Waals surface area contributed by atoms with E-state index in [1.54, 1.807) is 24.1 Å². The summed E-state index contributed by atoms with van der Waals surface area (Å²) in [7, 11) is 1.77. The van der Waals surface area contributed by atoms with Gasteiger partial charge in [0.15, 0.2) is 5.78 Å². The van der Waals surface area contributed by atoms with E-state index in [-0.39, 0.29) is 18.1 Å². The Morgan fingerprint density at radius 3 is 2.50 bits per heavy atom. The summed E-state index contributed by atoms with van der Waals surface area (Å²) in [5.41, 5.74) is 2.81. The van der Waals surface area contributed by atoms with Crippen molar-refractivity contribution in [1.29, 1.82) is 0 Å². The van der Waals surface area contributed by atoms with Crippen LogP contribution in [0.5, 0.6) is 0 Å². The first kappa shape index (κ1) is 14.5. The summed E-state index contributed by atoms with van der Waals surface area (Å²) in [5.74, 6) is -0.0170. The molecule has 3 nitrogen and oxygen atoms in total. The Morgan fingerprint density at radius 2 is 1.82 bits per heavy atom. The van der Waals surface area contributed by atoms with Gasteiger partial charge in [0.05, 0.1) is 5.41 Å². The zero-order valence-corrected chi connectivity index (χ0v) is 13.1. The van der Waals surface area contributed by atoms with Crippen LogP contribution < -0.4 is 4.90 Å². The summed E-state index contributed by atoms with van der Waals surface area (Å²) in [6.45, 7) is 3.88. The molecule has 0 aliphatic carbocycles. The molecule has 0 N–H and O–H groups in total. The number of carbonyl (C=O) groups excluding carboxylic acids is 2. The van der Waals surface area contributed by atoms with E-state index in [9.17, 15) is 9.59 Å². The first-order valence-electron chi connectivity index (χ1n) is 7.41. The molecule has 0 saturated heterocycles. The normalized spacial score (nSPS) is 20.1. The fourth-order valence-corrected chi connectivity index (χ4v) is 3.20. The topological polar surface area (TPSA) is 37.4 Å². The van der Waals surface area contributed by atoms with Gasteiger partial charge in [-0.2, -0.15) is 0 Å². The molecule has 3 rings (SSSR count). The number of Topliss-reactive ketones (excluding diaryl/α,β-unsaturated/α-hetero) is 1. The number of likely N-dealkylation sites (N-methyl/N-ethyl adjacent to an activating group) is 1. The summed E-state index contributed by atoms with van der Waals surface area (Å²) in [6.07, 6.45) is 0.191. The minimum Gasteiger partial charge on any atom is -0.314 e. The first-order chi connectivity index (χ1) is 10.4. The quantitative estimate of drug-likeness (QED) is 0.812. The zero-order chi connectivity index (χ0) is 15.9. The monoisotopic (exact) mass is 293 g/mol. The van der Waals surface area contributed by atoms with Crippen molar-refractivity contribution in [1.82, 2.24) is 0 Å². The maximum absolute atomic E-state index is 12.7. The van der Waals surface area contributed by atoms with E-state index in [4.69, 9.17) is 0 Å². The summed E-state index contributed by atoms with van der Waals surface area (Å²) < 4.78 is 0. The second kappa shape index (κ2) is 5.09. The van der Waals surface area contributed by atoms with Crippen LogP contribution in [0.1, 0.15) is 34.8 Å². The molecule has 1 aliphatic heterocycles. The standard InChI is InChI=1S/C19H19NO2/c1-13-9-10-16-15(11-13)19(2,18(22)20(16)3)12-17(21)14-7-5-4-6-8-14/h4-11H,12H2,1-3H3. The lowest BCUT2D eigenvalue weighted by atomic mass is 9.78. The maximum atomic E-state index is 12.7. The second-order valence-electron chi connectivity index (χ2n) is 6.18. The zero-order valence-electron chi connectivity index (χ0n) is 13.1. The first-order valence-corrected chi connectivity index (χ1v) is 7.41. The van der Waals surface area contributed by atoms with Crippen LogP contribution in [-0.2, 0) is 10.2 Å². The highest BCUT2D eigenvalue weighted by molar-refractivity contribution is 6.11. The summed E-state index contributed by atoms with van der Waals surface area (Å²) in [5, 5.41) is 0. The number of nitrogens with zero attached hydrogens (tertiary/aromatic N) is 1. The summed E-state index contributed by atoms with van der Waals surface area (Å²) in [6, 6.07) is 15.1. The number of fused-ring (bicyclic) bond motifs is 1. The van der Waals surface area contributed by atoms with Crippen molar-refractivity contribution < 1.29 is 9.59 Å². The molecule has 2 aromatic carbocycles. The van der Waals surface area contributed by atoms with Crippen molar-refractivity contribution in [3.8, 4) is 0 Å². The van der Waals surface area contributed by atoms with Crippen molar-refractivity contribution in [3.63, 3.8) is 0 Å². The predicted octanol–water partition coefficient (Wildman–Crippen LogP) is 3.50. The van der Waals surface area contributed by atoms with E-state index in [0.29, 0.717) is 5.56 Å². The molecule has 0 spiro atoms. The molecule has 0 aromatic heterocycles. The molecular formula is C19H19NO2. The van der Waals surface area contributed by atoms with Crippen molar-refractivity contribution in [2.45, 2.75) is 25.7 Å². The van der Waals surface area contributed by atoms with Gasteiger partial charge in [-0.1, -0.05) is 48.0 Å². The van der Waals surface area contributed by atoms with Gasteiger partial charge in [0.1, 0.15) is 0 Å². The Morgan fingerprint density at radius 1 is 1.14 bits per heavy atom. The molecule has 1 unspecified atom stereocenters. The van der Waals surface area contributed by atoms with Gasteiger partial charge >= 0.3 is 0 Å². The lowest BCUT2D eigenvalue weighted by Gasteiger charge is -2.22. The molecule has 1 amide bonds. The number of amides is 1. The minimum atomic E-state index is -0.789. The Hall–Kier alpha value is -2.42. The predicted molar refractivity (Wildman–Crippen MR) is 87.3 cm³/mol. The average Bonchev–Trinajstić information content (AvgIpc) is 2.70. The van der Waals surface area contributed by atoms with Crippen LogP contribution in [0.4, 0.5) is 5.69 Å². The van der Waals surface area contributed by atoms with Crippen LogP contribution in [0.2, 0.25) is 0 Å². The molecule has 0 bridgehead atoms. The van der Waals surface area contributed by atoms with Crippen molar-refractivity contribution >= 4 is 17.4 Å². The molecule has 112 valence electrons. The van der Waals surface area contributed by atoms with Crippen LogP contribution in [0.25, 0.3) is 0 Å². The molecule has 2 aromatic rings. The van der Waals surface area contributed by atoms with Crippen LogP contribution in [0.15, 0.2) is 48.5 Å². The largest absolute Gasteiger partial charge is 0.314 e. The van der Waals surface area contributed by atoms with Gasteiger partial charge in [-0.15, -0.1) is 0 Å². The third-order valence-corrected chi connectivity index (χ3v) is 4.49. The Balaban J connectivity index is 2.01. The number of hydrogen-bond donors (Lipinski definition) is 0. The molecule has 1 aliphatic rings. The highest BCUT2D eigenvalue weighted by atomic mass is 16.2. The number of hydrogen-bond acceptors (Lipinski definition) is 2. The molecule has 1 heterocycles. The smallest absolute Gasteiger partial charge is 0.237 e. The van der Waals surface area contributed by atoms with E-state index < -0.39 is 5.41 Å². The molecule has 22 heavy (non-hydrogen) atoms. The molecule has 1 atom stereocenters. The fraction of sp³-hybridized carbons (Fsp3) is 0.263. The van der Waals surface area contributed by atoms with Crippen molar-refractivity contribution in [3.05, 3.63) is 65.2 Å². The number of carbonyl (C=O) groups is 2. The van der Waals surface area contributed by atoms with Gasteiger partial charge in [-0.3, -0.25) is 9.59 Å². The van der Waals surface area contributed by atoms with Gasteiger partial charge in [0, 0.05) is 24.7 Å². The van der Waals surface area contributed by atoms with Crippen LogP contribution in [-0.4, -0.2) is 18.7 Å². The van der Waals surface area contributed by atoms with Crippen molar-refractivity contribution in [2.24, 2.45) is 0 Å². The fourth-order valence-electron chi connectivity index (χ4n) is 3.20. The highest BCUT2D eigenvalue weighted by Crippen LogP contribution is 2.44. The van der Waals surface area contributed by atoms with Crippen LogP contribution >= 0.6 is 0 Å². The molecule has 0 fully saturated rings. The Kier molecular flexibility index (Phi) is 3.36.